The number of hydrogen-bond donors (Lipinski definition) is 3. The second kappa shape index (κ2) is 10.5. The molecule has 0 bridgehead atoms. The first kappa shape index (κ1) is 23.1. The van der Waals surface area contributed by atoms with Crippen LogP contribution in [0.15, 0.2) is 60.7 Å². The van der Waals surface area contributed by atoms with Gasteiger partial charge in [-0.1, -0.05) is 60.7 Å². The molecule has 0 radical (unpaired) electrons. The molecule has 0 aliphatic carbocycles. The third kappa shape index (κ3) is 7.00. The van der Waals surface area contributed by atoms with Gasteiger partial charge < -0.3 is 21.1 Å². The summed E-state index contributed by atoms with van der Waals surface area (Å²) in [7, 11) is 0. The first-order valence-corrected chi connectivity index (χ1v) is 9.84. The summed E-state index contributed by atoms with van der Waals surface area (Å²) in [5.74, 6) is -1.50. The Hall–Kier alpha value is -3.19. The lowest BCUT2D eigenvalue weighted by Crippen LogP contribution is -2.58. The lowest BCUT2D eigenvalue weighted by atomic mass is 9.92. The SMILES string of the molecule is C[C@H](NC(=O)[C@](C)(N)Cc1ccccc1)C(=O)N[C@@H](C)C(=O)OCc1ccccc1. The second-order valence-corrected chi connectivity index (χ2v) is 7.60. The highest BCUT2D eigenvalue weighted by Crippen LogP contribution is 2.11. The normalized spacial score (nSPS) is 14.7. The van der Waals surface area contributed by atoms with Gasteiger partial charge in [0.1, 0.15) is 18.7 Å². The molecule has 7 heteroatoms. The minimum Gasteiger partial charge on any atom is -0.459 e. The predicted molar refractivity (Wildman–Crippen MR) is 114 cm³/mol. The van der Waals surface area contributed by atoms with Crippen LogP contribution in [0.5, 0.6) is 0 Å². The zero-order chi connectivity index (χ0) is 22.1. The summed E-state index contributed by atoms with van der Waals surface area (Å²) in [5, 5.41) is 5.17. The molecule has 2 aromatic carbocycles. The fourth-order valence-corrected chi connectivity index (χ4v) is 2.78. The smallest absolute Gasteiger partial charge is 0.328 e. The highest BCUT2D eigenvalue weighted by molar-refractivity contribution is 5.93. The first-order chi connectivity index (χ1) is 14.2. The van der Waals surface area contributed by atoms with Gasteiger partial charge in [-0.05, 0) is 38.3 Å². The van der Waals surface area contributed by atoms with E-state index >= 15 is 0 Å². The van der Waals surface area contributed by atoms with E-state index in [1.54, 1.807) is 6.92 Å². The molecule has 3 atom stereocenters. The standard InChI is InChI=1S/C23H29N3O4/c1-16(26-22(29)23(3,24)14-18-10-6-4-7-11-18)20(27)25-17(2)21(28)30-15-19-12-8-5-9-13-19/h4-13,16-17H,14-15,24H2,1-3H3,(H,25,27)(H,26,29)/t16-,17-,23+/m0/s1. The molecule has 0 unspecified atom stereocenters. The lowest BCUT2D eigenvalue weighted by molar-refractivity contribution is -0.148. The number of amides is 2. The molecule has 0 aromatic heterocycles. The van der Waals surface area contributed by atoms with Crippen molar-refractivity contribution in [3.05, 3.63) is 71.8 Å². The van der Waals surface area contributed by atoms with Crippen LogP contribution >= 0.6 is 0 Å². The van der Waals surface area contributed by atoms with Crippen molar-refractivity contribution in [3.63, 3.8) is 0 Å². The van der Waals surface area contributed by atoms with Crippen LogP contribution < -0.4 is 16.4 Å². The Kier molecular flexibility index (Phi) is 8.12. The number of esters is 1. The van der Waals surface area contributed by atoms with Crippen molar-refractivity contribution in [1.29, 1.82) is 0 Å². The van der Waals surface area contributed by atoms with Gasteiger partial charge in [0.05, 0.1) is 5.54 Å². The molecule has 0 aliphatic rings. The van der Waals surface area contributed by atoms with E-state index in [0.29, 0.717) is 6.42 Å². The van der Waals surface area contributed by atoms with Crippen molar-refractivity contribution in [2.75, 3.05) is 0 Å². The maximum absolute atomic E-state index is 12.6. The van der Waals surface area contributed by atoms with Crippen LogP contribution in [0.3, 0.4) is 0 Å². The van der Waals surface area contributed by atoms with Gasteiger partial charge in [0.15, 0.2) is 0 Å². The number of nitrogens with two attached hydrogens (primary N) is 1. The molecule has 7 nitrogen and oxygen atoms in total. The van der Waals surface area contributed by atoms with E-state index < -0.39 is 35.4 Å². The largest absolute Gasteiger partial charge is 0.459 e. The summed E-state index contributed by atoms with van der Waals surface area (Å²) in [6, 6.07) is 16.9. The molecule has 0 heterocycles. The van der Waals surface area contributed by atoms with Gasteiger partial charge in [-0.15, -0.1) is 0 Å². The fourth-order valence-electron chi connectivity index (χ4n) is 2.78. The topological polar surface area (TPSA) is 111 Å². The number of benzene rings is 2. The summed E-state index contributed by atoms with van der Waals surface area (Å²) >= 11 is 0. The molecule has 0 saturated carbocycles. The Morgan fingerprint density at radius 1 is 0.900 bits per heavy atom. The van der Waals surface area contributed by atoms with E-state index in [0.717, 1.165) is 11.1 Å². The number of hydrogen-bond acceptors (Lipinski definition) is 5. The average molecular weight is 412 g/mol. The maximum Gasteiger partial charge on any atom is 0.328 e. The molecular formula is C23H29N3O4. The van der Waals surface area contributed by atoms with Crippen LogP contribution in [0.25, 0.3) is 0 Å². The van der Waals surface area contributed by atoms with E-state index in [1.807, 2.05) is 60.7 Å². The number of carbonyl (C=O) groups excluding carboxylic acids is 3. The third-order valence-corrected chi connectivity index (χ3v) is 4.61. The number of carbonyl (C=O) groups is 3. The minimum absolute atomic E-state index is 0.122. The molecular weight excluding hydrogens is 382 g/mol. The molecule has 2 rings (SSSR count). The van der Waals surface area contributed by atoms with Gasteiger partial charge >= 0.3 is 5.97 Å². The van der Waals surface area contributed by atoms with Crippen molar-refractivity contribution in [2.24, 2.45) is 5.73 Å². The number of rotatable bonds is 9. The lowest BCUT2D eigenvalue weighted by Gasteiger charge is -2.26. The van der Waals surface area contributed by atoms with E-state index in [-0.39, 0.29) is 6.61 Å². The highest BCUT2D eigenvalue weighted by atomic mass is 16.5. The Bertz CT molecular complexity index is 853. The first-order valence-electron chi connectivity index (χ1n) is 9.84. The van der Waals surface area contributed by atoms with Crippen LogP contribution in [0.2, 0.25) is 0 Å². The van der Waals surface area contributed by atoms with E-state index in [2.05, 4.69) is 10.6 Å². The molecule has 0 fully saturated rings. The third-order valence-electron chi connectivity index (χ3n) is 4.61. The van der Waals surface area contributed by atoms with E-state index in [9.17, 15) is 14.4 Å². The van der Waals surface area contributed by atoms with Crippen molar-refractivity contribution >= 4 is 17.8 Å². The summed E-state index contributed by atoms with van der Waals surface area (Å²) in [5.41, 5.74) is 6.76. The molecule has 2 amide bonds. The van der Waals surface area contributed by atoms with Crippen molar-refractivity contribution in [2.45, 2.75) is 51.4 Å². The summed E-state index contributed by atoms with van der Waals surface area (Å²) in [4.78, 5) is 37.0. The predicted octanol–water partition coefficient (Wildman–Crippen LogP) is 1.70. The minimum atomic E-state index is -1.18. The van der Waals surface area contributed by atoms with Gasteiger partial charge in [-0.3, -0.25) is 9.59 Å². The van der Waals surface area contributed by atoms with Crippen LogP contribution in [-0.4, -0.2) is 35.4 Å². The van der Waals surface area contributed by atoms with Crippen molar-refractivity contribution < 1.29 is 19.1 Å². The average Bonchev–Trinajstić information content (AvgIpc) is 2.72. The molecule has 160 valence electrons. The highest BCUT2D eigenvalue weighted by Gasteiger charge is 2.31. The molecule has 0 saturated heterocycles. The van der Waals surface area contributed by atoms with Crippen LogP contribution in [0.4, 0.5) is 0 Å². The van der Waals surface area contributed by atoms with Gasteiger partial charge in [0, 0.05) is 0 Å². The summed E-state index contributed by atoms with van der Waals surface area (Å²) in [6.45, 7) is 4.80. The van der Waals surface area contributed by atoms with Crippen LogP contribution in [-0.2, 0) is 32.1 Å². The Balaban J connectivity index is 1.82. The second-order valence-electron chi connectivity index (χ2n) is 7.60. The monoisotopic (exact) mass is 411 g/mol. The molecule has 4 N–H and O–H groups in total. The van der Waals surface area contributed by atoms with Gasteiger partial charge in [-0.2, -0.15) is 0 Å². The van der Waals surface area contributed by atoms with Crippen LogP contribution in [0.1, 0.15) is 31.9 Å². The van der Waals surface area contributed by atoms with Gasteiger partial charge in [-0.25, -0.2) is 4.79 Å². The fraction of sp³-hybridized carbons (Fsp3) is 0.348. The van der Waals surface area contributed by atoms with Gasteiger partial charge in [0.25, 0.3) is 0 Å². The van der Waals surface area contributed by atoms with Gasteiger partial charge in [0.2, 0.25) is 11.8 Å². The zero-order valence-corrected chi connectivity index (χ0v) is 17.6. The quantitative estimate of drug-likeness (QED) is 0.544. The Labute approximate surface area is 177 Å². The number of nitrogens with one attached hydrogen (secondary N) is 2. The van der Waals surface area contributed by atoms with Crippen LogP contribution in [0, 0.1) is 0 Å². The zero-order valence-electron chi connectivity index (χ0n) is 17.6. The summed E-state index contributed by atoms with van der Waals surface area (Å²) in [6.07, 6.45) is 0.330. The summed E-state index contributed by atoms with van der Waals surface area (Å²) < 4.78 is 5.21. The Morgan fingerprint density at radius 2 is 1.43 bits per heavy atom. The molecule has 0 spiro atoms. The molecule has 30 heavy (non-hydrogen) atoms. The number of ether oxygens (including phenoxy) is 1. The van der Waals surface area contributed by atoms with Crippen molar-refractivity contribution in [1.82, 2.24) is 10.6 Å². The Morgan fingerprint density at radius 3 is 2.00 bits per heavy atom. The molecule has 0 aliphatic heterocycles. The van der Waals surface area contributed by atoms with E-state index in [4.69, 9.17) is 10.5 Å². The maximum atomic E-state index is 12.6. The van der Waals surface area contributed by atoms with E-state index in [1.165, 1.54) is 13.8 Å². The molecule has 2 aromatic rings. The van der Waals surface area contributed by atoms with Crippen molar-refractivity contribution in [3.8, 4) is 0 Å².